The van der Waals surface area contributed by atoms with E-state index in [4.69, 9.17) is 5.73 Å². The Morgan fingerprint density at radius 1 is 1.53 bits per heavy atom. The Morgan fingerprint density at radius 3 is 2.89 bits per heavy atom. The van der Waals surface area contributed by atoms with Gasteiger partial charge in [-0.15, -0.1) is 0 Å². The Labute approximate surface area is 111 Å². The van der Waals surface area contributed by atoms with Gasteiger partial charge in [0, 0.05) is 31.7 Å². The Bertz CT molecular complexity index is 636. The standard InChI is InChI=1S/C11H15N5O2S/c1-19(17,18)11-15-6-3-9(16-11)8(7-12)10-13-4-2-5-14-10/h3,6-7H,2,4-5,12H2,1H3,(H,13,14). The summed E-state index contributed by atoms with van der Waals surface area (Å²) in [6.07, 6.45) is 4.78. The lowest BCUT2D eigenvalue weighted by Gasteiger charge is -2.16. The highest BCUT2D eigenvalue weighted by atomic mass is 32.2. The van der Waals surface area contributed by atoms with Gasteiger partial charge >= 0.3 is 0 Å². The van der Waals surface area contributed by atoms with Crippen LogP contribution in [0.1, 0.15) is 12.1 Å². The minimum absolute atomic E-state index is 0.222. The van der Waals surface area contributed by atoms with Crippen LogP contribution in [0.2, 0.25) is 0 Å². The van der Waals surface area contributed by atoms with Crippen molar-refractivity contribution in [2.45, 2.75) is 11.6 Å². The molecule has 0 atom stereocenters. The molecule has 1 aromatic rings. The van der Waals surface area contributed by atoms with E-state index in [-0.39, 0.29) is 5.16 Å². The maximum absolute atomic E-state index is 11.5. The zero-order valence-corrected chi connectivity index (χ0v) is 11.3. The Balaban J connectivity index is 2.42. The van der Waals surface area contributed by atoms with Gasteiger partial charge in [0.1, 0.15) is 5.84 Å². The van der Waals surface area contributed by atoms with Crippen molar-refractivity contribution in [2.75, 3.05) is 19.3 Å². The molecule has 1 aliphatic rings. The first-order valence-corrected chi connectivity index (χ1v) is 7.65. The summed E-state index contributed by atoms with van der Waals surface area (Å²) in [5.74, 6) is 0.631. The summed E-state index contributed by atoms with van der Waals surface area (Å²) in [6, 6.07) is 1.60. The molecule has 102 valence electrons. The minimum Gasteiger partial charge on any atom is -0.404 e. The molecule has 2 rings (SSSR count). The van der Waals surface area contributed by atoms with Gasteiger partial charge in [-0.25, -0.2) is 18.4 Å². The van der Waals surface area contributed by atoms with Gasteiger partial charge in [-0.2, -0.15) is 0 Å². The van der Waals surface area contributed by atoms with Crippen LogP contribution in [0, 0.1) is 0 Å². The third-order valence-electron chi connectivity index (χ3n) is 2.56. The van der Waals surface area contributed by atoms with Crippen LogP contribution in [-0.4, -0.2) is 43.6 Å². The third-order valence-corrected chi connectivity index (χ3v) is 3.42. The normalized spacial score (nSPS) is 16.7. The number of nitrogens with one attached hydrogen (secondary N) is 1. The highest BCUT2D eigenvalue weighted by molar-refractivity contribution is 7.90. The molecule has 0 saturated heterocycles. The number of aromatic nitrogens is 2. The van der Waals surface area contributed by atoms with E-state index in [1.165, 1.54) is 12.4 Å². The summed E-state index contributed by atoms with van der Waals surface area (Å²) >= 11 is 0. The maximum Gasteiger partial charge on any atom is 0.247 e. The summed E-state index contributed by atoms with van der Waals surface area (Å²) in [5.41, 5.74) is 6.61. The second-order valence-electron chi connectivity index (χ2n) is 4.09. The van der Waals surface area contributed by atoms with Crippen molar-refractivity contribution >= 4 is 21.2 Å². The molecule has 0 amide bonds. The van der Waals surface area contributed by atoms with Gasteiger partial charge in [0.15, 0.2) is 0 Å². The van der Waals surface area contributed by atoms with Crippen LogP contribution in [0.4, 0.5) is 0 Å². The van der Waals surface area contributed by atoms with Crippen LogP contribution in [0.15, 0.2) is 28.6 Å². The number of hydrogen-bond donors (Lipinski definition) is 2. The van der Waals surface area contributed by atoms with E-state index in [0.717, 1.165) is 19.2 Å². The lowest BCUT2D eigenvalue weighted by molar-refractivity contribution is 0.592. The highest BCUT2D eigenvalue weighted by Crippen LogP contribution is 2.14. The fourth-order valence-electron chi connectivity index (χ4n) is 1.67. The van der Waals surface area contributed by atoms with Crippen molar-refractivity contribution in [1.82, 2.24) is 15.3 Å². The smallest absolute Gasteiger partial charge is 0.247 e. The predicted octanol–water partition coefficient (Wildman–Crippen LogP) is -0.428. The molecule has 7 nitrogen and oxygen atoms in total. The van der Waals surface area contributed by atoms with Crippen molar-refractivity contribution in [3.63, 3.8) is 0 Å². The van der Waals surface area contributed by atoms with Crippen molar-refractivity contribution in [1.29, 1.82) is 0 Å². The average molecular weight is 281 g/mol. The molecule has 0 aliphatic carbocycles. The topological polar surface area (TPSA) is 110 Å². The number of sulfone groups is 1. The number of amidine groups is 1. The fraction of sp³-hybridized carbons (Fsp3) is 0.364. The van der Waals surface area contributed by atoms with Crippen molar-refractivity contribution < 1.29 is 8.42 Å². The molecular weight excluding hydrogens is 266 g/mol. The number of aliphatic imine (C=N–C) groups is 1. The summed E-state index contributed by atoms with van der Waals surface area (Å²) in [4.78, 5) is 12.1. The Kier molecular flexibility index (Phi) is 3.79. The molecule has 0 fully saturated rings. The first-order chi connectivity index (χ1) is 9.02. The molecule has 0 unspecified atom stereocenters. The molecule has 1 aliphatic heterocycles. The number of nitrogens with zero attached hydrogens (tertiary/aromatic N) is 3. The van der Waals surface area contributed by atoms with Crippen LogP contribution in [0.3, 0.4) is 0 Å². The van der Waals surface area contributed by atoms with Gasteiger partial charge in [-0.1, -0.05) is 0 Å². The van der Waals surface area contributed by atoms with Gasteiger partial charge < -0.3 is 11.1 Å². The first kappa shape index (κ1) is 13.5. The zero-order valence-electron chi connectivity index (χ0n) is 10.5. The SMILES string of the molecule is CS(=O)(=O)c1nccc(C(=CN)C2=NCCCN2)n1. The number of nitrogens with two attached hydrogens (primary N) is 1. The molecule has 1 aromatic heterocycles. The van der Waals surface area contributed by atoms with E-state index in [1.54, 1.807) is 6.07 Å². The molecule has 0 radical (unpaired) electrons. The van der Waals surface area contributed by atoms with Crippen LogP contribution in [0.25, 0.3) is 5.57 Å². The lowest BCUT2D eigenvalue weighted by Crippen LogP contribution is -2.31. The fourth-order valence-corrected chi connectivity index (χ4v) is 2.18. The summed E-state index contributed by atoms with van der Waals surface area (Å²) in [7, 11) is -3.45. The molecule has 0 spiro atoms. The van der Waals surface area contributed by atoms with Gasteiger partial charge in [-0.3, -0.25) is 4.99 Å². The van der Waals surface area contributed by atoms with E-state index in [1.807, 2.05) is 0 Å². The molecular formula is C11H15N5O2S. The van der Waals surface area contributed by atoms with Crippen LogP contribution in [0.5, 0.6) is 0 Å². The largest absolute Gasteiger partial charge is 0.404 e. The van der Waals surface area contributed by atoms with Gasteiger partial charge in [0.25, 0.3) is 0 Å². The molecule has 2 heterocycles. The van der Waals surface area contributed by atoms with Crippen molar-refractivity contribution in [2.24, 2.45) is 10.7 Å². The van der Waals surface area contributed by atoms with E-state index < -0.39 is 9.84 Å². The second kappa shape index (κ2) is 5.35. The molecule has 0 bridgehead atoms. The summed E-state index contributed by atoms with van der Waals surface area (Å²) in [5, 5.41) is 2.90. The molecule has 8 heteroatoms. The molecule has 3 N–H and O–H groups in total. The quantitative estimate of drug-likeness (QED) is 0.727. The predicted molar refractivity (Wildman–Crippen MR) is 72.2 cm³/mol. The summed E-state index contributed by atoms with van der Waals surface area (Å²) < 4.78 is 22.9. The van der Waals surface area contributed by atoms with Crippen LogP contribution in [-0.2, 0) is 9.84 Å². The number of hydrogen-bond acceptors (Lipinski definition) is 7. The van der Waals surface area contributed by atoms with Crippen LogP contribution >= 0.6 is 0 Å². The van der Waals surface area contributed by atoms with Gasteiger partial charge in [-0.05, 0) is 12.5 Å². The summed E-state index contributed by atoms with van der Waals surface area (Å²) in [6.45, 7) is 1.52. The monoisotopic (exact) mass is 281 g/mol. The molecule has 19 heavy (non-hydrogen) atoms. The van der Waals surface area contributed by atoms with E-state index in [0.29, 0.717) is 23.6 Å². The highest BCUT2D eigenvalue weighted by Gasteiger charge is 2.17. The van der Waals surface area contributed by atoms with E-state index in [9.17, 15) is 8.42 Å². The Morgan fingerprint density at radius 2 is 2.32 bits per heavy atom. The molecule has 0 saturated carbocycles. The molecule has 0 aromatic carbocycles. The second-order valence-corrected chi connectivity index (χ2v) is 6.00. The minimum atomic E-state index is -3.45. The third kappa shape index (κ3) is 3.08. The maximum atomic E-state index is 11.5. The van der Waals surface area contributed by atoms with Gasteiger partial charge in [0.05, 0.1) is 11.3 Å². The van der Waals surface area contributed by atoms with Gasteiger partial charge in [0.2, 0.25) is 15.0 Å². The Hall–Kier alpha value is -1.96. The average Bonchev–Trinajstić information content (AvgIpc) is 2.40. The van der Waals surface area contributed by atoms with E-state index in [2.05, 4.69) is 20.3 Å². The van der Waals surface area contributed by atoms with Crippen molar-refractivity contribution in [3.8, 4) is 0 Å². The van der Waals surface area contributed by atoms with E-state index >= 15 is 0 Å². The zero-order chi connectivity index (χ0) is 13.9. The first-order valence-electron chi connectivity index (χ1n) is 5.76. The van der Waals surface area contributed by atoms with Crippen LogP contribution < -0.4 is 11.1 Å². The number of rotatable bonds is 3. The lowest BCUT2D eigenvalue weighted by atomic mass is 10.1. The van der Waals surface area contributed by atoms with Crippen molar-refractivity contribution in [3.05, 3.63) is 24.2 Å².